The molecule has 0 aliphatic heterocycles. The van der Waals surface area contributed by atoms with Crippen molar-refractivity contribution in [2.45, 2.75) is 19.3 Å². The number of benzene rings is 10. The third kappa shape index (κ3) is 5.32. The van der Waals surface area contributed by atoms with Gasteiger partial charge in [0.2, 0.25) is 0 Å². The molecule has 0 saturated carbocycles. The van der Waals surface area contributed by atoms with Gasteiger partial charge in [0.25, 0.3) is 0 Å². The number of nitrogens with zero attached hydrogens (tertiary/aromatic N) is 2. The fourth-order valence-corrected chi connectivity index (χ4v) is 12.0. The lowest BCUT2D eigenvalue weighted by atomic mass is 9.82. The number of hydrogen-bond donors (Lipinski definition) is 0. The minimum atomic E-state index is -0.157. The molecule has 10 aromatic carbocycles. The van der Waals surface area contributed by atoms with Crippen LogP contribution in [0, 0.1) is 0 Å². The summed E-state index contributed by atoms with van der Waals surface area (Å²) in [5.74, 6) is 0. The van der Waals surface area contributed by atoms with Gasteiger partial charge in [0.05, 0.1) is 20.4 Å². The third-order valence-electron chi connectivity index (χ3n) is 13.1. The lowest BCUT2D eigenvalue weighted by Gasteiger charge is -2.21. The van der Waals surface area contributed by atoms with Gasteiger partial charge in [0, 0.05) is 16.5 Å². The SMILES string of the molecule is CC1(C)c2cc3sc(-c4cccc(-c5cc6ccccc6c6ccccc56)c4)nc3cc2-c2cc3nc(-c4cccc(-c5cc6ccccc6c6ccccc56)c4)sc3cc21. The summed E-state index contributed by atoms with van der Waals surface area (Å²) < 4.78 is 2.44. The van der Waals surface area contributed by atoms with Crippen molar-refractivity contribution in [1.29, 1.82) is 0 Å². The zero-order chi connectivity index (χ0) is 40.4. The fourth-order valence-electron chi connectivity index (χ4n) is 10.0. The number of hydrogen-bond acceptors (Lipinski definition) is 4. The maximum Gasteiger partial charge on any atom is 0.124 e. The van der Waals surface area contributed by atoms with Gasteiger partial charge in [-0.25, -0.2) is 9.97 Å². The van der Waals surface area contributed by atoms with Gasteiger partial charge in [-0.3, -0.25) is 0 Å². The Morgan fingerprint density at radius 1 is 0.344 bits per heavy atom. The van der Waals surface area contributed by atoms with Gasteiger partial charge in [0.15, 0.2) is 0 Å². The first kappa shape index (κ1) is 34.8. The smallest absolute Gasteiger partial charge is 0.124 e. The molecule has 0 spiro atoms. The van der Waals surface area contributed by atoms with Crippen LogP contribution in [0.25, 0.3) is 118 Å². The van der Waals surface area contributed by atoms with E-state index in [-0.39, 0.29) is 5.41 Å². The summed E-state index contributed by atoms with van der Waals surface area (Å²) >= 11 is 3.58. The Hall–Kier alpha value is -6.98. The van der Waals surface area contributed by atoms with Gasteiger partial charge >= 0.3 is 0 Å². The minimum Gasteiger partial charge on any atom is -0.236 e. The van der Waals surface area contributed by atoms with Gasteiger partial charge in [-0.15, -0.1) is 22.7 Å². The highest BCUT2D eigenvalue weighted by molar-refractivity contribution is 7.22. The van der Waals surface area contributed by atoms with Gasteiger partial charge in [-0.05, 0) is 136 Å². The molecule has 0 amide bonds. The van der Waals surface area contributed by atoms with Gasteiger partial charge in [-0.2, -0.15) is 0 Å². The van der Waals surface area contributed by atoms with E-state index in [2.05, 4.69) is 196 Å². The summed E-state index contributed by atoms with van der Waals surface area (Å²) in [5, 5.41) is 12.3. The van der Waals surface area contributed by atoms with E-state index in [0.29, 0.717) is 0 Å². The number of thiazole rings is 2. The van der Waals surface area contributed by atoms with Gasteiger partial charge in [-0.1, -0.05) is 147 Å². The van der Waals surface area contributed by atoms with Gasteiger partial charge in [0.1, 0.15) is 10.0 Å². The van der Waals surface area contributed by atoms with Crippen LogP contribution in [0.2, 0.25) is 0 Å². The van der Waals surface area contributed by atoms with E-state index in [1.165, 1.54) is 97.0 Å². The van der Waals surface area contributed by atoms with E-state index in [9.17, 15) is 0 Å². The molecule has 2 nitrogen and oxygen atoms in total. The minimum absolute atomic E-state index is 0.157. The second kappa shape index (κ2) is 13.0. The van der Waals surface area contributed by atoms with E-state index < -0.39 is 0 Å². The highest BCUT2D eigenvalue weighted by Crippen LogP contribution is 2.52. The molecule has 61 heavy (non-hydrogen) atoms. The molecule has 0 saturated heterocycles. The molecule has 2 heterocycles. The van der Waals surface area contributed by atoms with E-state index in [1.54, 1.807) is 22.7 Å². The Morgan fingerprint density at radius 2 is 0.738 bits per heavy atom. The maximum absolute atomic E-state index is 5.31. The van der Waals surface area contributed by atoms with Crippen LogP contribution in [-0.2, 0) is 5.41 Å². The molecule has 0 unspecified atom stereocenters. The zero-order valence-corrected chi connectivity index (χ0v) is 35.2. The summed E-state index contributed by atoms with van der Waals surface area (Å²) in [6.45, 7) is 4.74. The maximum atomic E-state index is 5.31. The standard InChI is InChI=1S/C57H36N2S2/c1-57(2)49-31-53-51(58-55(60-53)37-17-11-15-33(25-37)45-27-35-13-3-5-19-39(35)41-21-7-9-23-43(41)45)29-47(49)48-30-52-54(32-50(48)57)61-56(59-52)38-18-12-16-34(26-38)46-28-36-14-4-6-20-40(36)42-22-8-10-24-44(42)46/h3-32H,1-2H3. The number of rotatable bonds is 4. The summed E-state index contributed by atoms with van der Waals surface area (Å²) in [5.41, 5.74) is 14.4. The summed E-state index contributed by atoms with van der Waals surface area (Å²) in [7, 11) is 0. The normalized spacial score (nSPS) is 13.2. The first-order valence-corrected chi connectivity index (χ1v) is 22.5. The highest BCUT2D eigenvalue weighted by atomic mass is 32.1. The van der Waals surface area contributed by atoms with Crippen molar-refractivity contribution in [3.63, 3.8) is 0 Å². The van der Waals surface area contributed by atoms with Gasteiger partial charge < -0.3 is 0 Å². The molecule has 286 valence electrons. The van der Waals surface area contributed by atoms with Crippen LogP contribution in [0.3, 0.4) is 0 Å². The Labute approximate surface area is 361 Å². The van der Waals surface area contributed by atoms with Crippen molar-refractivity contribution in [3.8, 4) is 54.5 Å². The number of aromatic nitrogens is 2. The van der Waals surface area contributed by atoms with Crippen molar-refractivity contribution in [3.05, 3.63) is 193 Å². The molecular formula is C57H36N2S2. The topological polar surface area (TPSA) is 25.8 Å². The quantitative estimate of drug-likeness (QED) is 0.165. The Bertz CT molecular complexity index is 3560. The fraction of sp³-hybridized carbons (Fsp3) is 0.0526. The monoisotopic (exact) mass is 812 g/mol. The lowest BCUT2D eigenvalue weighted by Crippen LogP contribution is -2.14. The van der Waals surface area contributed by atoms with Crippen LogP contribution in [0.4, 0.5) is 0 Å². The molecule has 0 atom stereocenters. The molecule has 1 aliphatic rings. The van der Waals surface area contributed by atoms with E-state index in [0.717, 1.165) is 32.2 Å². The highest BCUT2D eigenvalue weighted by Gasteiger charge is 2.37. The third-order valence-corrected chi connectivity index (χ3v) is 15.2. The molecule has 1 aliphatic carbocycles. The van der Waals surface area contributed by atoms with Crippen molar-refractivity contribution in [1.82, 2.24) is 9.97 Å². The average Bonchev–Trinajstić information content (AvgIpc) is 3.99. The summed E-state index contributed by atoms with van der Waals surface area (Å²) in [6, 6.07) is 66.9. The molecular weight excluding hydrogens is 777 g/mol. The average molecular weight is 813 g/mol. The Morgan fingerprint density at radius 3 is 1.20 bits per heavy atom. The molecule has 0 fully saturated rings. The lowest BCUT2D eigenvalue weighted by molar-refractivity contribution is 0.662. The molecule has 13 rings (SSSR count). The van der Waals surface area contributed by atoms with Crippen LogP contribution < -0.4 is 0 Å². The molecule has 0 bridgehead atoms. The molecule has 0 radical (unpaired) electrons. The molecule has 0 N–H and O–H groups in total. The molecule has 12 aromatic rings. The predicted octanol–water partition coefficient (Wildman–Crippen LogP) is 16.5. The van der Waals surface area contributed by atoms with Crippen molar-refractivity contribution < 1.29 is 0 Å². The second-order valence-electron chi connectivity index (χ2n) is 16.9. The van der Waals surface area contributed by atoms with Crippen LogP contribution in [0.15, 0.2) is 182 Å². The predicted molar refractivity (Wildman–Crippen MR) is 262 cm³/mol. The van der Waals surface area contributed by atoms with Crippen LogP contribution in [-0.4, -0.2) is 9.97 Å². The zero-order valence-electron chi connectivity index (χ0n) is 33.5. The number of fused-ring (bicyclic) bond motifs is 11. The van der Waals surface area contributed by atoms with E-state index >= 15 is 0 Å². The van der Waals surface area contributed by atoms with Crippen LogP contribution in [0.1, 0.15) is 25.0 Å². The first-order valence-electron chi connectivity index (χ1n) is 20.9. The van der Waals surface area contributed by atoms with E-state index in [4.69, 9.17) is 9.97 Å². The molecule has 2 aromatic heterocycles. The first-order chi connectivity index (χ1) is 29.9. The van der Waals surface area contributed by atoms with Crippen LogP contribution >= 0.6 is 22.7 Å². The van der Waals surface area contributed by atoms with Crippen molar-refractivity contribution in [2.24, 2.45) is 0 Å². The van der Waals surface area contributed by atoms with Crippen molar-refractivity contribution in [2.75, 3.05) is 0 Å². The Kier molecular flexibility index (Phi) is 7.43. The van der Waals surface area contributed by atoms with E-state index in [1.807, 2.05) is 0 Å². The molecule has 4 heteroatoms. The second-order valence-corrected chi connectivity index (χ2v) is 19.0. The summed E-state index contributed by atoms with van der Waals surface area (Å²) in [4.78, 5) is 10.6. The Balaban J connectivity index is 0.878. The summed E-state index contributed by atoms with van der Waals surface area (Å²) in [6.07, 6.45) is 0. The van der Waals surface area contributed by atoms with Crippen molar-refractivity contribution >= 4 is 86.2 Å². The van der Waals surface area contributed by atoms with Crippen LogP contribution in [0.5, 0.6) is 0 Å². The largest absolute Gasteiger partial charge is 0.236 e.